The number of aliphatic hydroxyl groups excluding tert-OH is 1. The predicted molar refractivity (Wildman–Crippen MR) is 41.0 cm³/mol. The number of hydrogen-bond donors (Lipinski definition) is 3. The van der Waals surface area contributed by atoms with E-state index in [-0.39, 0.29) is 6.42 Å². The highest BCUT2D eigenvalue weighted by Crippen LogP contribution is 2.41. The molecule has 62 valence electrons. The van der Waals surface area contributed by atoms with Crippen LogP contribution in [0.5, 0.6) is 0 Å². The van der Waals surface area contributed by atoms with Gasteiger partial charge in [0.05, 0.1) is 0 Å². The van der Waals surface area contributed by atoms with Crippen LogP contribution >= 0.6 is 19.4 Å². The second-order valence-electron chi connectivity index (χ2n) is 1.85. The number of aliphatic hydroxyl groups is 1. The predicted octanol–water partition coefficient (Wildman–Crippen LogP) is 0.236. The van der Waals surface area contributed by atoms with E-state index in [9.17, 15) is 4.57 Å². The van der Waals surface area contributed by atoms with E-state index in [4.69, 9.17) is 14.9 Å². The van der Waals surface area contributed by atoms with Crippen molar-refractivity contribution in [2.24, 2.45) is 0 Å². The molecule has 0 spiro atoms. The number of rotatable bonds is 4. The van der Waals surface area contributed by atoms with Crippen molar-refractivity contribution in [3.8, 4) is 0 Å². The van der Waals surface area contributed by atoms with E-state index in [1.165, 1.54) is 11.8 Å². The van der Waals surface area contributed by atoms with Gasteiger partial charge in [-0.3, -0.25) is 4.57 Å². The zero-order valence-electron chi connectivity index (χ0n) is 5.60. The van der Waals surface area contributed by atoms with Crippen molar-refractivity contribution >= 4 is 19.4 Å². The van der Waals surface area contributed by atoms with Gasteiger partial charge in [0.15, 0.2) is 5.85 Å². The first kappa shape index (κ1) is 10.5. The van der Waals surface area contributed by atoms with Crippen LogP contribution in [-0.4, -0.2) is 32.7 Å². The fourth-order valence-electron chi connectivity index (χ4n) is 0.391. The minimum absolute atomic E-state index is 0.144. The summed E-state index contributed by atoms with van der Waals surface area (Å²) in [5.74, 6) is -0.924. The van der Waals surface area contributed by atoms with E-state index in [2.05, 4.69) is 0 Å². The zero-order chi connectivity index (χ0) is 8.20. The topological polar surface area (TPSA) is 77.8 Å². The van der Waals surface area contributed by atoms with Crippen LogP contribution in [-0.2, 0) is 4.57 Å². The Bertz CT molecular complexity index is 133. The molecular formula is C4H11O4PS. The van der Waals surface area contributed by atoms with E-state index >= 15 is 0 Å². The maximum absolute atomic E-state index is 10.3. The average molecular weight is 186 g/mol. The SMILES string of the molecule is CSCCC(O)P(=O)(O)O. The Balaban J connectivity index is 3.63. The number of hydrogen-bond acceptors (Lipinski definition) is 3. The van der Waals surface area contributed by atoms with Crippen molar-refractivity contribution in [1.29, 1.82) is 0 Å². The molecule has 0 aromatic rings. The Kier molecular flexibility index (Phi) is 4.56. The summed E-state index contributed by atoms with van der Waals surface area (Å²) >= 11 is 1.44. The van der Waals surface area contributed by atoms with Crippen LogP contribution in [0.1, 0.15) is 6.42 Å². The van der Waals surface area contributed by atoms with Gasteiger partial charge in [-0.25, -0.2) is 0 Å². The Hall–Kier alpha value is 0.460. The van der Waals surface area contributed by atoms with Gasteiger partial charge in [0.25, 0.3) is 0 Å². The molecule has 0 fully saturated rings. The zero-order valence-corrected chi connectivity index (χ0v) is 7.31. The second-order valence-corrected chi connectivity index (χ2v) is 4.61. The van der Waals surface area contributed by atoms with E-state index in [0.717, 1.165) is 0 Å². The molecule has 0 heterocycles. The van der Waals surface area contributed by atoms with Gasteiger partial charge in [-0.1, -0.05) is 0 Å². The lowest BCUT2D eigenvalue weighted by molar-refractivity contribution is 0.200. The molecule has 1 unspecified atom stereocenters. The standard InChI is InChI=1S/C4H11O4PS/c1-10-3-2-4(5)9(6,7)8/h4-5H,2-3H2,1H3,(H2,6,7,8). The molecule has 1 atom stereocenters. The first-order valence-electron chi connectivity index (χ1n) is 2.70. The quantitative estimate of drug-likeness (QED) is 0.548. The highest BCUT2D eigenvalue weighted by Gasteiger charge is 2.24. The van der Waals surface area contributed by atoms with Crippen LogP contribution in [0.4, 0.5) is 0 Å². The summed E-state index contributed by atoms with van der Waals surface area (Å²) in [5.41, 5.74) is 0. The molecular weight excluding hydrogens is 175 g/mol. The van der Waals surface area contributed by atoms with E-state index in [0.29, 0.717) is 5.75 Å². The average Bonchev–Trinajstić information content (AvgIpc) is 1.80. The van der Waals surface area contributed by atoms with E-state index in [1.807, 2.05) is 6.26 Å². The van der Waals surface area contributed by atoms with Gasteiger partial charge in [0, 0.05) is 0 Å². The van der Waals surface area contributed by atoms with Crippen molar-refractivity contribution in [2.45, 2.75) is 12.3 Å². The third-order valence-electron chi connectivity index (χ3n) is 0.968. The van der Waals surface area contributed by atoms with Gasteiger partial charge in [0.2, 0.25) is 0 Å². The molecule has 0 radical (unpaired) electrons. The largest absolute Gasteiger partial charge is 0.380 e. The van der Waals surface area contributed by atoms with Crippen molar-refractivity contribution < 1.29 is 19.5 Å². The molecule has 6 heteroatoms. The van der Waals surface area contributed by atoms with E-state index < -0.39 is 13.4 Å². The summed E-state index contributed by atoms with van der Waals surface area (Å²) in [4.78, 5) is 16.7. The third-order valence-corrected chi connectivity index (χ3v) is 2.65. The fraction of sp³-hybridized carbons (Fsp3) is 1.00. The monoisotopic (exact) mass is 186 g/mol. The van der Waals surface area contributed by atoms with Crippen molar-refractivity contribution in [3.63, 3.8) is 0 Å². The molecule has 0 bridgehead atoms. The lowest BCUT2D eigenvalue weighted by Crippen LogP contribution is -2.07. The minimum Gasteiger partial charge on any atom is -0.380 e. The highest BCUT2D eigenvalue weighted by atomic mass is 32.2. The molecule has 0 saturated carbocycles. The van der Waals surface area contributed by atoms with Crippen molar-refractivity contribution in [1.82, 2.24) is 0 Å². The van der Waals surface area contributed by atoms with Gasteiger partial charge >= 0.3 is 7.60 Å². The normalized spacial score (nSPS) is 15.2. The molecule has 0 aliphatic carbocycles. The Morgan fingerprint density at radius 1 is 1.60 bits per heavy atom. The van der Waals surface area contributed by atoms with Gasteiger partial charge in [-0.2, -0.15) is 11.8 Å². The first-order chi connectivity index (χ1) is 4.48. The summed E-state index contributed by atoms with van der Waals surface area (Å²) < 4.78 is 10.3. The molecule has 10 heavy (non-hydrogen) atoms. The Labute approximate surface area is 63.8 Å². The highest BCUT2D eigenvalue weighted by molar-refractivity contribution is 7.98. The summed E-state index contributed by atoms with van der Waals surface area (Å²) in [5, 5.41) is 8.74. The third kappa shape index (κ3) is 4.30. The smallest absolute Gasteiger partial charge is 0.353 e. The lowest BCUT2D eigenvalue weighted by atomic mass is 10.5. The van der Waals surface area contributed by atoms with Gasteiger partial charge < -0.3 is 14.9 Å². The number of thioether (sulfide) groups is 1. The van der Waals surface area contributed by atoms with Crippen LogP contribution in [0.3, 0.4) is 0 Å². The van der Waals surface area contributed by atoms with Crippen LogP contribution < -0.4 is 0 Å². The first-order valence-corrected chi connectivity index (χ1v) is 5.78. The maximum atomic E-state index is 10.3. The summed E-state index contributed by atoms with van der Waals surface area (Å²) in [7, 11) is -4.24. The molecule has 0 amide bonds. The van der Waals surface area contributed by atoms with Crippen LogP contribution in [0.25, 0.3) is 0 Å². The molecule has 0 aliphatic heterocycles. The van der Waals surface area contributed by atoms with Crippen LogP contribution in [0.15, 0.2) is 0 Å². The van der Waals surface area contributed by atoms with Gasteiger partial charge in [-0.05, 0) is 18.4 Å². The van der Waals surface area contributed by atoms with E-state index in [1.54, 1.807) is 0 Å². The summed E-state index contributed by atoms with van der Waals surface area (Å²) in [6, 6.07) is 0. The Morgan fingerprint density at radius 3 is 2.40 bits per heavy atom. The maximum Gasteiger partial charge on any atom is 0.353 e. The molecule has 0 saturated heterocycles. The van der Waals surface area contributed by atoms with Gasteiger partial charge in [0.1, 0.15) is 0 Å². The molecule has 4 nitrogen and oxygen atoms in total. The van der Waals surface area contributed by atoms with Crippen LogP contribution in [0, 0.1) is 0 Å². The second kappa shape index (κ2) is 4.36. The lowest BCUT2D eigenvalue weighted by Gasteiger charge is -2.10. The molecule has 0 aliphatic rings. The Morgan fingerprint density at radius 2 is 2.10 bits per heavy atom. The van der Waals surface area contributed by atoms with Crippen LogP contribution in [0.2, 0.25) is 0 Å². The molecule has 3 N–H and O–H groups in total. The molecule has 0 rings (SSSR count). The van der Waals surface area contributed by atoms with Crippen molar-refractivity contribution in [3.05, 3.63) is 0 Å². The van der Waals surface area contributed by atoms with Crippen molar-refractivity contribution in [2.75, 3.05) is 12.0 Å². The molecule has 0 aromatic carbocycles. The summed E-state index contributed by atoms with van der Waals surface area (Å²) in [6.07, 6.45) is 1.96. The summed E-state index contributed by atoms with van der Waals surface area (Å²) in [6.45, 7) is 0. The molecule has 0 aromatic heterocycles. The minimum atomic E-state index is -4.24. The van der Waals surface area contributed by atoms with Gasteiger partial charge in [-0.15, -0.1) is 0 Å². The fourth-order valence-corrected chi connectivity index (χ4v) is 1.49.